The van der Waals surface area contributed by atoms with Crippen LogP contribution in [0.2, 0.25) is 0 Å². The first-order valence-electron chi connectivity index (χ1n) is 7.30. The van der Waals surface area contributed by atoms with Crippen LogP contribution in [0.1, 0.15) is 20.7 Å². The lowest BCUT2D eigenvalue weighted by Crippen LogP contribution is -2.09. The number of methoxy groups -OCH3 is 2. The zero-order chi connectivity index (χ0) is 18.8. The van der Waals surface area contributed by atoms with Crippen molar-refractivity contribution in [1.82, 2.24) is 0 Å². The number of benzene rings is 1. The molecule has 0 amide bonds. The van der Waals surface area contributed by atoms with E-state index in [1.807, 2.05) is 24.3 Å². The van der Waals surface area contributed by atoms with Gasteiger partial charge in [-0.05, 0) is 81.6 Å². The molecule has 2 aromatic heterocycles. The van der Waals surface area contributed by atoms with Gasteiger partial charge in [-0.15, -0.1) is 22.7 Å². The molecule has 0 aliphatic carbocycles. The van der Waals surface area contributed by atoms with E-state index in [0.29, 0.717) is 22.3 Å². The molecule has 2 heterocycles. The smallest absolute Gasteiger partial charge is 0.338 e. The fraction of sp³-hybridized carbons (Fsp3) is 0.111. The van der Waals surface area contributed by atoms with Gasteiger partial charge in [0.15, 0.2) is 0 Å². The summed E-state index contributed by atoms with van der Waals surface area (Å²) in [4.78, 5) is 26.6. The van der Waals surface area contributed by atoms with E-state index >= 15 is 0 Å². The van der Waals surface area contributed by atoms with E-state index in [1.54, 1.807) is 34.8 Å². The van der Waals surface area contributed by atoms with Crippen LogP contribution < -0.4 is 0 Å². The van der Waals surface area contributed by atoms with Gasteiger partial charge < -0.3 is 9.47 Å². The zero-order valence-corrected chi connectivity index (χ0v) is 19.6. The highest BCUT2D eigenvalue weighted by Gasteiger charge is 2.23. The first-order valence-corrected chi connectivity index (χ1v) is 11.1. The Morgan fingerprint density at radius 2 is 1.15 bits per heavy atom. The molecule has 0 aliphatic rings. The quantitative estimate of drug-likeness (QED) is 0.272. The minimum absolute atomic E-state index is 0.428. The van der Waals surface area contributed by atoms with Crippen LogP contribution >= 0.6 is 67.9 Å². The number of thiophene rings is 2. The minimum Gasteiger partial charge on any atom is -0.465 e. The molecule has 26 heavy (non-hydrogen) atoms. The van der Waals surface area contributed by atoms with Crippen molar-refractivity contribution in [2.24, 2.45) is 0 Å². The van der Waals surface area contributed by atoms with Gasteiger partial charge in [0.25, 0.3) is 0 Å². The van der Waals surface area contributed by atoms with Crippen molar-refractivity contribution in [2.75, 3.05) is 14.2 Å². The van der Waals surface area contributed by atoms with Gasteiger partial charge in [0.2, 0.25) is 0 Å². The van der Waals surface area contributed by atoms with Crippen LogP contribution in [-0.2, 0) is 9.47 Å². The maximum atomic E-state index is 12.4. The highest BCUT2D eigenvalue weighted by molar-refractivity contribution is 14.1. The summed E-state index contributed by atoms with van der Waals surface area (Å²) in [5, 5.41) is 0. The molecule has 8 heteroatoms. The van der Waals surface area contributed by atoms with Gasteiger partial charge in [-0.25, -0.2) is 9.59 Å². The Balaban J connectivity index is 2.31. The van der Waals surface area contributed by atoms with E-state index in [-0.39, 0.29) is 0 Å². The second-order valence-electron chi connectivity index (χ2n) is 5.13. The predicted octanol–water partition coefficient (Wildman–Crippen LogP) is 5.93. The fourth-order valence-corrected chi connectivity index (χ4v) is 5.79. The van der Waals surface area contributed by atoms with Crippen molar-refractivity contribution in [1.29, 1.82) is 0 Å². The molecule has 0 fully saturated rings. The summed E-state index contributed by atoms with van der Waals surface area (Å²) >= 11 is 7.54. The monoisotopic (exact) mass is 610 g/mol. The SMILES string of the molecule is COC(=O)c1cc(-c2ccc(I)s2)c(C(=O)OC)cc1-c1ccc(I)s1. The average molecular weight is 610 g/mol. The average Bonchev–Trinajstić information content (AvgIpc) is 3.27. The lowest BCUT2D eigenvalue weighted by atomic mass is 9.96. The first-order chi connectivity index (χ1) is 12.4. The molecule has 134 valence electrons. The van der Waals surface area contributed by atoms with Gasteiger partial charge in [-0.1, -0.05) is 0 Å². The van der Waals surface area contributed by atoms with E-state index in [4.69, 9.17) is 9.47 Å². The third-order valence-corrected chi connectivity index (χ3v) is 7.50. The summed E-state index contributed by atoms with van der Waals surface area (Å²) in [7, 11) is 2.71. The molecule has 0 saturated carbocycles. The number of hydrogen-bond acceptors (Lipinski definition) is 6. The summed E-state index contributed by atoms with van der Waals surface area (Å²) in [6.45, 7) is 0. The first kappa shape index (κ1) is 19.8. The molecule has 0 radical (unpaired) electrons. The Hall–Kier alpha value is -0.980. The molecular weight excluding hydrogens is 598 g/mol. The molecule has 0 aliphatic heterocycles. The molecule has 3 aromatic rings. The summed E-state index contributed by atoms with van der Waals surface area (Å²) in [5.74, 6) is -0.875. The van der Waals surface area contributed by atoms with Crippen molar-refractivity contribution in [3.05, 3.63) is 53.3 Å². The Labute approximate surface area is 185 Å². The highest BCUT2D eigenvalue weighted by atomic mass is 127. The topological polar surface area (TPSA) is 52.6 Å². The molecule has 0 spiro atoms. The molecule has 0 atom stereocenters. The van der Waals surface area contributed by atoms with Gasteiger partial charge in [0.05, 0.1) is 31.1 Å². The van der Waals surface area contributed by atoms with Crippen LogP contribution in [0.3, 0.4) is 0 Å². The van der Waals surface area contributed by atoms with Crippen LogP contribution in [0.4, 0.5) is 0 Å². The second-order valence-corrected chi connectivity index (χ2v) is 11.1. The van der Waals surface area contributed by atoms with Gasteiger partial charge >= 0.3 is 11.9 Å². The molecule has 1 aromatic carbocycles. The highest BCUT2D eigenvalue weighted by Crippen LogP contribution is 2.39. The van der Waals surface area contributed by atoms with Gasteiger partial charge in [-0.2, -0.15) is 0 Å². The number of rotatable bonds is 4. The van der Waals surface area contributed by atoms with E-state index in [2.05, 4.69) is 45.2 Å². The Kier molecular flexibility index (Phi) is 6.36. The largest absolute Gasteiger partial charge is 0.465 e. The van der Waals surface area contributed by atoms with E-state index < -0.39 is 11.9 Å². The van der Waals surface area contributed by atoms with Crippen molar-refractivity contribution < 1.29 is 19.1 Å². The summed E-state index contributed by atoms with van der Waals surface area (Å²) < 4.78 is 12.1. The lowest BCUT2D eigenvalue weighted by molar-refractivity contribution is 0.0588. The minimum atomic E-state index is -0.438. The number of carbonyl (C=O) groups excluding carboxylic acids is 2. The Bertz CT molecular complexity index is 911. The van der Waals surface area contributed by atoms with Crippen molar-refractivity contribution in [3.8, 4) is 20.9 Å². The maximum Gasteiger partial charge on any atom is 0.338 e. The summed E-state index contributed by atoms with van der Waals surface area (Å²) in [6, 6.07) is 11.2. The third-order valence-electron chi connectivity index (χ3n) is 3.65. The number of carbonyl (C=O) groups is 2. The summed E-state index contributed by atoms with van der Waals surface area (Å²) in [5.41, 5.74) is 2.19. The molecule has 0 N–H and O–H groups in total. The van der Waals surface area contributed by atoms with Gasteiger partial charge in [0.1, 0.15) is 0 Å². The molecule has 3 rings (SSSR count). The standard InChI is InChI=1S/C18H12I2O4S2/c1-23-17(21)11-7-10(14-4-6-16(20)26-14)12(18(22)24-2)8-9(11)13-3-5-15(19)25-13/h3-8H,1-2H3. The molecule has 0 saturated heterocycles. The lowest BCUT2D eigenvalue weighted by Gasteiger charge is -2.13. The molecule has 0 unspecified atom stereocenters. The summed E-state index contributed by atoms with van der Waals surface area (Å²) in [6.07, 6.45) is 0. The third kappa shape index (κ3) is 3.97. The predicted molar refractivity (Wildman–Crippen MR) is 121 cm³/mol. The van der Waals surface area contributed by atoms with Crippen molar-refractivity contribution >= 4 is 79.8 Å². The number of esters is 2. The second kappa shape index (κ2) is 8.36. The van der Waals surface area contributed by atoms with Crippen LogP contribution in [0.15, 0.2) is 36.4 Å². The number of halogens is 2. The maximum absolute atomic E-state index is 12.4. The Morgan fingerprint density at radius 3 is 1.42 bits per heavy atom. The molecule has 4 nitrogen and oxygen atoms in total. The Morgan fingerprint density at radius 1 is 0.769 bits per heavy atom. The normalized spacial score (nSPS) is 10.6. The van der Waals surface area contributed by atoms with Crippen molar-refractivity contribution in [2.45, 2.75) is 0 Å². The van der Waals surface area contributed by atoms with Gasteiger partial charge in [-0.3, -0.25) is 0 Å². The zero-order valence-electron chi connectivity index (χ0n) is 13.7. The van der Waals surface area contributed by atoms with Crippen LogP contribution in [0, 0.1) is 5.77 Å². The fourth-order valence-electron chi connectivity index (χ4n) is 2.48. The van der Waals surface area contributed by atoms with E-state index in [1.165, 1.54) is 14.2 Å². The van der Waals surface area contributed by atoms with Crippen molar-refractivity contribution in [3.63, 3.8) is 0 Å². The molecular formula is C18H12I2O4S2. The van der Waals surface area contributed by atoms with Crippen LogP contribution in [0.25, 0.3) is 20.9 Å². The van der Waals surface area contributed by atoms with Crippen LogP contribution in [0.5, 0.6) is 0 Å². The number of hydrogen-bond donors (Lipinski definition) is 0. The van der Waals surface area contributed by atoms with Gasteiger partial charge in [0, 0.05) is 20.9 Å². The van der Waals surface area contributed by atoms with E-state index in [0.717, 1.165) is 15.5 Å². The van der Waals surface area contributed by atoms with Crippen LogP contribution in [-0.4, -0.2) is 26.2 Å². The van der Waals surface area contributed by atoms with E-state index in [9.17, 15) is 9.59 Å². The molecule has 0 bridgehead atoms. The number of ether oxygens (including phenoxy) is 2.